The molecule has 28 heavy (non-hydrogen) atoms. The van der Waals surface area contributed by atoms with Crippen LogP contribution in [0.4, 0.5) is 5.00 Å². The van der Waals surface area contributed by atoms with Gasteiger partial charge in [-0.05, 0) is 25.5 Å². The molecule has 2 aromatic rings. The number of carboxylic acid groups (broad SMARTS) is 1. The number of thiophene rings is 1. The number of nitrogens with one attached hydrogen (secondary N) is 1. The Morgan fingerprint density at radius 1 is 1.32 bits per heavy atom. The molecule has 0 saturated heterocycles. The fraction of sp³-hybridized carbons (Fsp3) is 0.353. The number of nitrogens with zero attached hydrogens (tertiary/aromatic N) is 3. The SMILES string of the molecule is COC(=O)c1c(NC(=O)C(C)n2nccc2C(=O)O)sc(C(=O)N(C)C)c1C. The molecule has 0 radical (unpaired) electrons. The summed E-state index contributed by atoms with van der Waals surface area (Å²) in [6.45, 7) is 3.06. The van der Waals surface area contributed by atoms with Gasteiger partial charge in [0.25, 0.3) is 5.91 Å². The first-order valence-electron chi connectivity index (χ1n) is 8.11. The van der Waals surface area contributed by atoms with Gasteiger partial charge in [0.15, 0.2) is 0 Å². The summed E-state index contributed by atoms with van der Waals surface area (Å²) in [4.78, 5) is 50.1. The number of carboxylic acids is 1. The molecule has 2 rings (SSSR count). The maximum absolute atomic E-state index is 12.7. The molecule has 0 spiro atoms. The molecular weight excluding hydrogens is 388 g/mol. The van der Waals surface area contributed by atoms with Gasteiger partial charge in [0.2, 0.25) is 5.91 Å². The van der Waals surface area contributed by atoms with E-state index in [-0.39, 0.29) is 22.2 Å². The van der Waals surface area contributed by atoms with E-state index < -0.39 is 23.9 Å². The molecule has 2 amide bonds. The number of hydrogen-bond acceptors (Lipinski definition) is 7. The van der Waals surface area contributed by atoms with E-state index in [9.17, 15) is 24.3 Å². The highest BCUT2D eigenvalue weighted by molar-refractivity contribution is 7.18. The smallest absolute Gasteiger partial charge is 0.354 e. The lowest BCUT2D eigenvalue weighted by Crippen LogP contribution is -2.27. The molecule has 0 aromatic carbocycles. The maximum Gasteiger partial charge on any atom is 0.354 e. The van der Waals surface area contributed by atoms with Gasteiger partial charge >= 0.3 is 11.9 Å². The number of carbonyl (C=O) groups is 4. The first-order chi connectivity index (χ1) is 13.1. The lowest BCUT2D eigenvalue weighted by atomic mass is 10.1. The Labute approximate surface area is 164 Å². The highest BCUT2D eigenvalue weighted by atomic mass is 32.1. The van der Waals surface area contributed by atoms with Crippen LogP contribution in [0.15, 0.2) is 12.3 Å². The molecule has 10 nitrogen and oxygen atoms in total. The molecular formula is C17H20N4O6S. The van der Waals surface area contributed by atoms with Crippen molar-refractivity contribution in [3.05, 3.63) is 34.0 Å². The van der Waals surface area contributed by atoms with Gasteiger partial charge in [0, 0.05) is 20.3 Å². The molecule has 2 aromatic heterocycles. The van der Waals surface area contributed by atoms with Gasteiger partial charge < -0.3 is 20.1 Å². The van der Waals surface area contributed by atoms with Gasteiger partial charge in [-0.3, -0.25) is 9.59 Å². The van der Waals surface area contributed by atoms with Crippen molar-refractivity contribution >= 4 is 40.1 Å². The minimum Gasteiger partial charge on any atom is -0.477 e. The predicted molar refractivity (Wildman–Crippen MR) is 101 cm³/mol. The van der Waals surface area contributed by atoms with E-state index in [0.29, 0.717) is 10.4 Å². The summed E-state index contributed by atoms with van der Waals surface area (Å²) in [5, 5.41) is 15.8. The van der Waals surface area contributed by atoms with E-state index in [4.69, 9.17) is 4.74 Å². The molecule has 11 heteroatoms. The fourth-order valence-corrected chi connectivity index (χ4v) is 3.70. The zero-order valence-electron chi connectivity index (χ0n) is 16.0. The number of aromatic carboxylic acids is 1. The van der Waals surface area contributed by atoms with Crippen LogP contribution in [-0.2, 0) is 9.53 Å². The van der Waals surface area contributed by atoms with Crippen molar-refractivity contribution in [1.29, 1.82) is 0 Å². The Bertz CT molecular complexity index is 946. The summed E-state index contributed by atoms with van der Waals surface area (Å²) in [7, 11) is 4.35. The predicted octanol–water partition coefficient (Wildman–Crippen LogP) is 1.64. The van der Waals surface area contributed by atoms with Crippen molar-refractivity contribution in [2.45, 2.75) is 19.9 Å². The topological polar surface area (TPSA) is 131 Å². The Hall–Kier alpha value is -3.21. The Balaban J connectivity index is 2.41. The first kappa shape index (κ1) is 21.1. The average molecular weight is 408 g/mol. The monoisotopic (exact) mass is 408 g/mol. The standard InChI is InChI=1S/C17H20N4O6S/c1-8-11(17(26)27-5)14(28-12(8)15(23)20(3)4)19-13(22)9(2)21-10(16(24)25)6-7-18-21/h6-7,9H,1-5H3,(H,19,22)(H,24,25). The van der Waals surface area contributed by atoms with Crippen LogP contribution in [0.1, 0.15) is 49.0 Å². The number of ether oxygens (including phenoxy) is 1. The zero-order chi connectivity index (χ0) is 21.2. The van der Waals surface area contributed by atoms with Crippen molar-refractivity contribution in [2.24, 2.45) is 0 Å². The maximum atomic E-state index is 12.7. The van der Waals surface area contributed by atoms with Crippen LogP contribution < -0.4 is 5.32 Å². The lowest BCUT2D eigenvalue weighted by Gasteiger charge is -2.14. The second-order valence-corrected chi connectivity index (χ2v) is 7.10. The fourth-order valence-electron chi connectivity index (χ4n) is 2.48. The highest BCUT2D eigenvalue weighted by Crippen LogP contribution is 2.34. The normalized spacial score (nSPS) is 11.6. The number of anilines is 1. The van der Waals surface area contributed by atoms with E-state index >= 15 is 0 Å². The van der Waals surface area contributed by atoms with E-state index in [1.54, 1.807) is 21.0 Å². The second-order valence-electron chi connectivity index (χ2n) is 6.08. The Morgan fingerprint density at radius 2 is 1.96 bits per heavy atom. The summed E-state index contributed by atoms with van der Waals surface area (Å²) < 4.78 is 5.83. The summed E-state index contributed by atoms with van der Waals surface area (Å²) in [6, 6.07) is 0.303. The van der Waals surface area contributed by atoms with E-state index in [1.807, 2.05) is 0 Å². The van der Waals surface area contributed by atoms with Gasteiger partial charge in [0.05, 0.1) is 17.6 Å². The second kappa shape index (κ2) is 8.21. The molecule has 0 bridgehead atoms. The molecule has 150 valence electrons. The molecule has 0 aliphatic rings. The van der Waals surface area contributed by atoms with Crippen molar-refractivity contribution < 1.29 is 29.0 Å². The van der Waals surface area contributed by atoms with Gasteiger partial charge in [-0.2, -0.15) is 5.10 Å². The van der Waals surface area contributed by atoms with Gasteiger partial charge in [0.1, 0.15) is 16.7 Å². The molecule has 1 unspecified atom stereocenters. The summed E-state index contributed by atoms with van der Waals surface area (Å²) in [5.41, 5.74) is 0.322. The molecule has 0 fully saturated rings. The number of rotatable bonds is 6. The number of hydrogen-bond donors (Lipinski definition) is 2. The van der Waals surface area contributed by atoms with Gasteiger partial charge in [-0.15, -0.1) is 11.3 Å². The first-order valence-corrected chi connectivity index (χ1v) is 8.92. The van der Waals surface area contributed by atoms with Crippen LogP contribution in [0.3, 0.4) is 0 Å². The number of aromatic nitrogens is 2. The van der Waals surface area contributed by atoms with Crippen molar-refractivity contribution in [3.8, 4) is 0 Å². The van der Waals surface area contributed by atoms with Crippen molar-refractivity contribution in [3.63, 3.8) is 0 Å². The van der Waals surface area contributed by atoms with Crippen LogP contribution in [-0.4, -0.2) is 64.7 Å². The highest BCUT2D eigenvalue weighted by Gasteiger charge is 2.29. The molecule has 0 aliphatic carbocycles. The van der Waals surface area contributed by atoms with E-state index in [1.165, 1.54) is 31.2 Å². The minimum atomic E-state index is -1.22. The van der Waals surface area contributed by atoms with Gasteiger partial charge in [-0.25, -0.2) is 14.3 Å². The minimum absolute atomic E-state index is 0.0807. The molecule has 1 atom stereocenters. The summed E-state index contributed by atoms with van der Waals surface area (Å²) >= 11 is 0.950. The van der Waals surface area contributed by atoms with Crippen LogP contribution >= 0.6 is 11.3 Å². The van der Waals surface area contributed by atoms with Crippen molar-refractivity contribution in [2.75, 3.05) is 26.5 Å². The van der Waals surface area contributed by atoms with E-state index in [2.05, 4.69) is 10.4 Å². The molecule has 0 saturated carbocycles. The lowest BCUT2D eigenvalue weighted by molar-refractivity contribution is -0.119. The number of amides is 2. The Kier molecular flexibility index (Phi) is 6.19. The third-order valence-corrected chi connectivity index (χ3v) is 5.20. The third kappa shape index (κ3) is 3.88. The van der Waals surface area contributed by atoms with Crippen LogP contribution in [0.5, 0.6) is 0 Å². The quantitative estimate of drug-likeness (QED) is 0.695. The zero-order valence-corrected chi connectivity index (χ0v) is 16.8. The third-order valence-electron chi connectivity index (χ3n) is 4.01. The van der Waals surface area contributed by atoms with Crippen LogP contribution in [0.2, 0.25) is 0 Å². The summed E-state index contributed by atoms with van der Waals surface area (Å²) in [5.74, 6) is -2.83. The van der Waals surface area contributed by atoms with Crippen molar-refractivity contribution in [1.82, 2.24) is 14.7 Å². The van der Waals surface area contributed by atoms with E-state index in [0.717, 1.165) is 16.0 Å². The largest absolute Gasteiger partial charge is 0.477 e. The molecule has 2 N–H and O–H groups in total. The molecule has 0 aliphatic heterocycles. The Morgan fingerprint density at radius 3 is 2.50 bits per heavy atom. The number of carbonyl (C=O) groups excluding carboxylic acids is 3. The number of methoxy groups -OCH3 is 1. The average Bonchev–Trinajstić information content (AvgIpc) is 3.24. The van der Waals surface area contributed by atoms with Crippen LogP contribution in [0, 0.1) is 6.92 Å². The van der Waals surface area contributed by atoms with Gasteiger partial charge in [-0.1, -0.05) is 0 Å². The molecule has 2 heterocycles. The number of esters is 1. The summed E-state index contributed by atoms with van der Waals surface area (Å²) in [6.07, 6.45) is 1.27. The van der Waals surface area contributed by atoms with Crippen LogP contribution in [0.25, 0.3) is 0 Å².